The van der Waals surface area contributed by atoms with Gasteiger partial charge in [-0.1, -0.05) is 11.6 Å². The average Bonchev–Trinajstić information content (AvgIpc) is 3.33. The third-order valence-electron chi connectivity index (χ3n) is 5.09. The topological polar surface area (TPSA) is 131 Å². The molecule has 5 atom stereocenters. The van der Waals surface area contributed by atoms with E-state index in [1.54, 1.807) is 6.20 Å². The maximum absolute atomic E-state index is 13.7. The molecule has 1 aliphatic heterocycles. The third-order valence-corrected chi connectivity index (χ3v) is 5.85. The Labute approximate surface area is 203 Å². The third kappa shape index (κ3) is 4.59. The van der Waals surface area contributed by atoms with E-state index >= 15 is 0 Å². The van der Waals surface area contributed by atoms with Gasteiger partial charge >= 0.3 is 6.18 Å². The summed E-state index contributed by atoms with van der Waals surface area (Å²) in [7, 11) is 0. The van der Waals surface area contributed by atoms with Gasteiger partial charge in [-0.05, 0) is 35.6 Å². The Balaban J connectivity index is 1.85. The fourth-order valence-corrected chi connectivity index (χ4v) is 4.27. The maximum atomic E-state index is 13.7. The largest absolute Gasteiger partial charge is 0.435 e. The molecule has 1 fully saturated rings. The highest BCUT2D eigenvalue weighted by molar-refractivity contribution is 14.1. The monoisotopic (exact) mass is 600 g/mol. The molecule has 3 aromatic rings. The quantitative estimate of drug-likeness (QED) is 0.387. The summed E-state index contributed by atoms with van der Waals surface area (Å²) >= 11 is 7.90. The number of hydrogen-bond donors (Lipinski definition) is 3. The Hall–Kier alpha value is -1.85. The summed E-state index contributed by atoms with van der Waals surface area (Å²) in [5, 5.41) is 39.6. The number of aromatic nitrogens is 6. The lowest BCUT2D eigenvalue weighted by molar-refractivity contribution is -0.210. The molecule has 0 aromatic carbocycles. The molecule has 15 heteroatoms. The van der Waals surface area contributed by atoms with Crippen molar-refractivity contribution in [3.63, 3.8) is 0 Å². The lowest BCUT2D eigenvalue weighted by atomic mass is 9.92. The lowest BCUT2D eigenvalue weighted by Crippen LogP contribution is -2.53. The minimum Gasteiger partial charge on any atom is -0.394 e. The van der Waals surface area contributed by atoms with Crippen LogP contribution in [0.4, 0.5) is 13.2 Å². The number of aryl methyl sites for hydroxylation is 1. The van der Waals surface area contributed by atoms with Crippen molar-refractivity contribution in [3.8, 4) is 5.69 Å². The number of alkyl halides is 3. The number of nitrogens with zero attached hydrogens (tertiary/aromatic N) is 6. The molecule has 0 bridgehead atoms. The van der Waals surface area contributed by atoms with Crippen LogP contribution in [0.2, 0.25) is 5.02 Å². The highest BCUT2D eigenvalue weighted by atomic mass is 127. The van der Waals surface area contributed by atoms with Crippen molar-refractivity contribution in [1.82, 2.24) is 29.5 Å². The van der Waals surface area contributed by atoms with Gasteiger partial charge in [0.15, 0.2) is 11.5 Å². The number of halogens is 5. The van der Waals surface area contributed by atoms with Crippen molar-refractivity contribution in [3.05, 3.63) is 50.6 Å². The van der Waals surface area contributed by atoms with Crippen molar-refractivity contribution in [2.45, 2.75) is 43.6 Å². The van der Waals surface area contributed by atoms with Gasteiger partial charge in [-0.2, -0.15) is 23.4 Å². The number of rotatable bonds is 4. The molecule has 10 nitrogen and oxygen atoms in total. The fourth-order valence-electron chi connectivity index (χ4n) is 3.71. The predicted molar refractivity (Wildman–Crippen MR) is 115 cm³/mol. The van der Waals surface area contributed by atoms with Crippen LogP contribution in [0, 0.1) is 10.5 Å². The molecule has 0 saturated carbocycles. The normalized spacial score (nSPS) is 26.0. The zero-order valence-electron chi connectivity index (χ0n) is 16.7. The standard InChI is InChI=1S/C18H17ClF3IN6O4/c1-7-26-17(29(27-7)10-2-8(19)3-24-16(10)18(20,21)22)15-14(32)12(13(31)11(6-30)33-15)28-5-9(23)4-25-28/h2-5,11-15,30-32H,6H2,1H3/t11-,12+,13+,14-,15?/m1/s1. The highest BCUT2D eigenvalue weighted by Crippen LogP contribution is 2.40. The van der Waals surface area contributed by atoms with Crippen LogP contribution in [0.5, 0.6) is 0 Å². The van der Waals surface area contributed by atoms with Crippen molar-refractivity contribution in [2.75, 3.05) is 6.61 Å². The molecule has 3 aromatic heterocycles. The first-order valence-electron chi connectivity index (χ1n) is 9.50. The van der Waals surface area contributed by atoms with E-state index in [-0.39, 0.29) is 16.7 Å². The second-order valence-corrected chi connectivity index (χ2v) is 9.02. The van der Waals surface area contributed by atoms with E-state index in [2.05, 4.69) is 20.2 Å². The zero-order chi connectivity index (χ0) is 24.1. The van der Waals surface area contributed by atoms with Crippen LogP contribution in [-0.4, -0.2) is 69.8 Å². The second-order valence-electron chi connectivity index (χ2n) is 7.34. The number of hydrogen-bond acceptors (Lipinski definition) is 8. The van der Waals surface area contributed by atoms with Crippen molar-refractivity contribution >= 4 is 34.2 Å². The number of ether oxygens (including phenoxy) is 1. The van der Waals surface area contributed by atoms with Gasteiger partial charge in [0, 0.05) is 12.4 Å². The molecular formula is C18H17ClF3IN6O4. The molecule has 0 aliphatic carbocycles. The van der Waals surface area contributed by atoms with E-state index < -0.39 is 54.6 Å². The summed E-state index contributed by atoms with van der Waals surface area (Å²) < 4.78 is 49.5. The molecule has 4 heterocycles. The van der Waals surface area contributed by atoms with Gasteiger partial charge in [0.1, 0.15) is 36.3 Å². The van der Waals surface area contributed by atoms with Gasteiger partial charge in [0.2, 0.25) is 0 Å². The van der Waals surface area contributed by atoms with E-state index in [9.17, 15) is 28.5 Å². The van der Waals surface area contributed by atoms with Crippen molar-refractivity contribution in [2.24, 2.45) is 0 Å². The minimum absolute atomic E-state index is 0.0742. The van der Waals surface area contributed by atoms with Crippen LogP contribution in [-0.2, 0) is 10.9 Å². The smallest absolute Gasteiger partial charge is 0.394 e. The van der Waals surface area contributed by atoms with E-state index in [0.717, 1.165) is 20.5 Å². The van der Waals surface area contributed by atoms with Crippen LogP contribution in [0.15, 0.2) is 24.7 Å². The van der Waals surface area contributed by atoms with Crippen LogP contribution in [0.1, 0.15) is 29.5 Å². The molecule has 1 saturated heterocycles. The molecule has 33 heavy (non-hydrogen) atoms. The number of pyridine rings is 1. The van der Waals surface area contributed by atoms with Gasteiger partial charge < -0.3 is 20.1 Å². The SMILES string of the molecule is Cc1nc(C2O[C@H](CO)[C@H](O)[C@H](n3cc(I)cn3)[C@H]2O)n(-c2cc(Cl)cnc2C(F)(F)F)n1. The molecule has 1 unspecified atom stereocenters. The predicted octanol–water partition coefficient (Wildman–Crippen LogP) is 1.84. The molecule has 0 amide bonds. The Bertz CT molecular complexity index is 1160. The average molecular weight is 601 g/mol. The molecule has 4 rings (SSSR count). The Morgan fingerprint density at radius 1 is 1.24 bits per heavy atom. The number of aliphatic hydroxyl groups excluding tert-OH is 3. The molecule has 0 radical (unpaired) electrons. The summed E-state index contributed by atoms with van der Waals surface area (Å²) in [6.07, 6.45) is -6.35. The first-order valence-corrected chi connectivity index (χ1v) is 11.0. The summed E-state index contributed by atoms with van der Waals surface area (Å²) in [4.78, 5) is 7.58. The van der Waals surface area contributed by atoms with Gasteiger partial charge in [-0.3, -0.25) is 4.68 Å². The molecular weight excluding hydrogens is 584 g/mol. The van der Waals surface area contributed by atoms with E-state index in [1.165, 1.54) is 17.8 Å². The summed E-state index contributed by atoms with van der Waals surface area (Å²) in [6, 6.07) is -0.0647. The Kier molecular flexibility index (Phi) is 6.67. The molecule has 3 N–H and O–H groups in total. The van der Waals surface area contributed by atoms with Crippen LogP contribution >= 0.6 is 34.2 Å². The van der Waals surface area contributed by atoms with Gasteiger partial charge in [0.05, 0.1) is 27.1 Å². The van der Waals surface area contributed by atoms with Gasteiger partial charge in [-0.15, -0.1) is 0 Å². The van der Waals surface area contributed by atoms with E-state index in [1.807, 2.05) is 22.6 Å². The zero-order valence-corrected chi connectivity index (χ0v) is 19.6. The molecule has 178 valence electrons. The summed E-state index contributed by atoms with van der Waals surface area (Å²) in [6.45, 7) is 0.824. The Morgan fingerprint density at radius 3 is 2.58 bits per heavy atom. The van der Waals surface area contributed by atoms with Crippen LogP contribution in [0.3, 0.4) is 0 Å². The van der Waals surface area contributed by atoms with Crippen LogP contribution < -0.4 is 0 Å². The lowest BCUT2D eigenvalue weighted by Gasteiger charge is -2.41. The van der Waals surface area contributed by atoms with Gasteiger partial charge in [-0.25, -0.2) is 14.6 Å². The Morgan fingerprint density at radius 2 is 1.97 bits per heavy atom. The first-order chi connectivity index (χ1) is 15.5. The summed E-state index contributed by atoms with van der Waals surface area (Å²) in [5.74, 6) is -0.0995. The maximum Gasteiger partial charge on any atom is 0.435 e. The highest BCUT2D eigenvalue weighted by Gasteiger charge is 2.48. The first kappa shape index (κ1) is 24.3. The van der Waals surface area contributed by atoms with E-state index in [0.29, 0.717) is 0 Å². The van der Waals surface area contributed by atoms with Gasteiger partial charge in [0.25, 0.3) is 0 Å². The van der Waals surface area contributed by atoms with Crippen molar-refractivity contribution in [1.29, 1.82) is 0 Å². The number of aliphatic hydroxyl groups is 3. The second kappa shape index (κ2) is 9.07. The van der Waals surface area contributed by atoms with Crippen molar-refractivity contribution < 1.29 is 33.2 Å². The minimum atomic E-state index is -4.83. The fraction of sp³-hybridized carbons (Fsp3) is 0.444. The summed E-state index contributed by atoms with van der Waals surface area (Å²) in [5.41, 5.74) is -1.78. The molecule has 0 spiro atoms. The van der Waals surface area contributed by atoms with Crippen LogP contribution in [0.25, 0.3) is 5.69 Å². The molecule has 1 aliphatic rings. The van der Waals surface area contributed by atoms with E-state index in [4.69, 9.17) is 16.3 Å².